The molecule has 0 spiro atoms. The third-order valence-corrected chi connectivity index (χ3v) is 4.03. The summed E-state index contributed by atoms with van der Waals surface area (Å²) in [6.07, 6.45) is 2.24. The first-order chi connectivity index (χ1) is 9.65. The van der Waals surface area contributed by atoms with Gasteiger partial charge in [0.05, 0.1) is 5.56 Å². The van der Waals surface area contributed by atoms with Crippen molar-refractivity contribution in [3.8, 4) is 0 Å². The average Bonchev–Trinajstić information content (AvgIpc) is 2.84. The molecule has 106 valence electrons. The highest BCUT2D eigenvalue weighted by Gasteiger charge is 2.20. The number of likely N-dealkylation sites (tertiary alicyclic amines) is 1. The van der Waals surface area contributed by atoms with Crippen LogP contribution in [0.3, 0.4) is 0 Å². The van der Waals surface area contributed by atoms with Crippen molar-refractivity contribution in [2.45, 2.75) is 19.4 Å². The number of nitrogens with zero attached hydrogens (tertiary/aromatic N) is 4. The molecule has 20 heavy (non-hydrogen) atoms. The number of para-hydroxylation sites is 1. The number of aromatic nitrogens is 3. The van der Waals surface area contributed by atoms with Crippen LogP contribution in [0.25, 0.3) is 11.0 Å². The van der Waals surface area contributed by atoms with Gasteiger partial charge >= 0.3 is 5.97 Å². The molecule has 3 rings (SSSR count). The lowest BCUT2D eigenvalue weighted by Crippen LogP contribution is -2.32. The summed E-state index contributed by atoms with van der Waals surface area (Å²) in [4.78, 5) is 13.6. The normalized spacial score (nSPS) is 17.6. The lowest BCUT2D eigenvalue weighted by atomic mass is 9.97. The maximum atomic E-state index is 11.3. The van der Waals surface area contributed by atoms with Crippen molar-refractivity contribution in [3.63, 3.8) is 0 Å². The maximum absolute atomic E-state index is 11.3. The fourth-order valence-electron chi connectivity index (χ4n) is 2.82. The second kappa shape index (κ2) is 5.20. The highest BCUT2D eigenvalue weighted by Crippen LogP contribution is 2.22. The Balaban J connectivity index is 1.90. The lowest BCUT2D eigenvalue weighted by Gasteiger charge is -2.28. The molecule has 6 nitrogen and oxygen atoms in total. The smallest absolute Gasteiger partial charge is 0.337 e. The molecular weight excluding hydrogens is 256 g/mol. The van der Waals surface area contributed by atoms with Gasteiger partial charge in [-0.2, -0.15) is 0 Å². The molecule has 2 heterocycles. The number of carbonyl (C=O) groups is 1. The zero-order valence-electron chi connectivity index (χ0n) is 11.5. The molecule has 1 aromatic heterocycles. The Hall–Kier alpha value is -1.95. The summed E-state index contributed by atoms with van der Waals surface area (Å²) in [5.74, 6) is -0.388. The van der Waals surface area contributed by atoms with Gasteiger partial charge in [-0.3, -0.25) is 0 Å². The summed E-state index contributed by atoms with van der Waals surface area (Å²) in [6.45, 7) is 2.92. The van der Waals surface area contributed by atoms with Gasteiger partial charge in [-0.05, 0) is 51.0 Å². The zero-order valence-corrected chi connectivity index (χ0v) is 11.5. The summed E-state index contributed by atoms with van der Waals surface area (Å²) in [7, 11) is 2.13. The van der Waals surface area contributed by atoms with Gasteiger partial charge in [0.25, 0.3) is 0 Å². The van der Waals surface area contributed by atoms with E-state index in [1.165, 1.54) is 0 Å². The highest BCUT2D eigenvalue weighted by molar-refractivity contribution is 6.00. The van der Waals surface area contributed by atoms with Gasteiger partial charge in [0.15, 0.2) is 0 Å². The lowest BCUT2D eigenvalue weighted by molar-refractivity contribution is 0.0698. The van der Waals surface area contributed by atoms with Crippen molar-refractivity contribution in [2.24, 2.45) is 5.92 Å². The molecule has 1 aromatic carbocycles. The molecule has 0 radical (unpaired) electrons. The van der Waals surface area contributed by atoms with Crippen molar-refractivity contribution in [2.75, 3.05) is 20.1 Å². The minimum Gasteiger partial charge on any atom is -0.478 e. The first kappa shape index (κ1) is 13.1. The van der Waals surface area contributed by atoms with Gasteiger partial charge in [-0.15, -0.1) is 5.10 Å². The topological polar surface area (TPSA) is 71.2 Å². The van der Waals surface area contributed by atoms with E-state index < -0.39 is 5.97 Å². The van der Waals surface area contributed by atoms with Crippen molar-refractivity contribution < 1.29 is 9.90 Å². The van der Waals surface area contributed by atoms with Crippen LogP contribution in [0.1, 0.15) is 23.2 Å². The number of aromatic carboxylic acids is 1. The van der Waals surface area contributed by atoms with Gasteiger partial charge in [0, 0.05) is 6.54 Å². The zero-order chi connectivity index (χ0) is 14.1. The number of hydrogen-bond acceptors (Lipinski definition) is 4. The molecule has 1 saturated heterocycles. The number of benzene rings is 1. The molecule has 0 amide bonds. The van der Waals surface area contributed by atoms with Crippen molar-refractivity contribution in [3.05, 3.63) is 23.8 Å². The monoisotopic (exact) mass is 274 g/mol. The van der Waals surface area contributed by atoms with E-state index in [4.69, 9.17) is 0 Å². The standard InChI is InChI=1S/C14H18N4O2/c1-17-7-5-10(6-8-17)9-18-13-11(14(19)20)3-2-4-12(13)15-16-18/h2-4,10H,5-9H2,1H3,(H,19,20). The summed E-state index contributed by atoms with van der Waals surface area (Å²) < 4.78 is 1.76. The molecule has 1 N–H and O–H groups in total. The van der Waals surface area contributed by atoms with E-state index in [0.717, 1.165) is 32.5 Å². The molecule has 2 aromatic rings. The number of fused-ring (bicyclic) bond motifs is 1. The van der Waals surface area contributed by atoms with E-state index >= 15 is 0 Å². The molecule has 0 saturated carbocycles. The molecule has 0 bridgehead atoms. The molecule has 1 fully saturated rings. The van der Waals surface area contributed by atoms with Crippen LogP contribution in [0.5, 0.6) is 0 Å². The SMILES string of the molecule is CN1CCC(Cn2nnc3cccc(C(=O)O)c32)CC1. The Morgan fingerprint density at radius 1 is 1.40 bits per heavy atom. The molecule has 1 aliphatic heterocycles. The summed E-state index contributed by atoms with van der Waals surface area (Å²) >= 11 is 0. The minimum absolute atomic E-state index is 0.278. The number of carboxylic acids is 1. The van der Waals surface area contributed by atoms with Crippen LogP contribution in [-0.2, 0) is 6.54 Å². The van der Waals surface area contributed by atoms with Gasteiger partial charge in [0.2, 0.25) is 0 Å². The van der Waals surface area contributed by atoms with Crippen LogP contribution in [0.2, 0.25) is 0 Å². The first-order valence-electron chi connectivity index (χ1n) is 6.89. The van der Waals surface area contributed by atoms with Gasteiger partial charge in [0.1, 0.15) is 11.0 Å². The third kappa shape index (κ3) is 2.38. The second-order valence-electron chi connectivity index (χ2n) is 5.50. The highest BCUT2D eigenvalue weighted by atomic mass is 16.4. The van der Waals surface area contributed by atoms with Crippen LogP contribution < -0.4 is 0 Å². The number of hydrogen-bond donors (Lipinski definition) is 1. The van der Waals surface area contributed by atoms with E-state index in [9.17, 15) is 9.90 Å². The van der Waals surface area contributed by atoms with Crippen LogP contribution in [-0.4, -0.2) is 51.1 Å². The predicted octanol–water partition coefficient (Wildman–Crippen LogP) is 1.47. The van der Waals surface area contributed by atoms with Crippen LogP contribution in [0, 0.1) is 5.92 Å². The summed E-state index contributed by atoms with van der Waals surface area (Å²) in [5, 5.41) is 17.5. The average molecular weight is 274 g/mol. The Labute approximate surface area is 117 Å². The van der Waals surface area contributed by atoms with E-state index in [1.54, 1.807) is 22.9 Å². The van der Waals surface area contributed by atoms with E-state index in [1.807, 2.05) is 0 Å². The van der Waals surface area contributed by atoms with Crippen LogP contribution in [0.15, 0.2) is 18.2 Å². The number of rotatable bonds is 3. The second-order valence-corrected chi connectivity index (χ2v) is 5.50. The van der Waals surface area contributed by atoms with Crippen molar-refractivity contribution >= 4 is 17.0 Å². The van der Waals surface area contributed by atoms with E-state index in [0.29, 0.717) is 17.0 Å². The van der Waals surface area contributed by atoms with Gasteiger partial charge < -0.3 is 10.0 Å². The van der Waals surface area contributed by atoms with Crippen molar-refractivity contribution in [1.29, 1.82) is 0 Å². The van der Waals surface area contributed by atoms with E-state index in [-0.39, 0.29) is 5.56 Å². The Bertz CT molecular complexity index is 629. The quantitative estimate of drug-likeness (QED) is 0.917. The Morgan fingerprint density at radius 2 is 2.15 bits per heavy atom. The van der Waals surface area contributed by atoms with Crippen LogP contribution >= 0.6 is 0 Å². The molecule has 1 aliphatic rings. The molecule has 0 atom stereocenters. The minimum atomic E-state index is -0.928. The number of carboxylic acid groups (broad SMARTS) is 1. The van der Waals surface area contributed by atoms with E-state index in [2.05, 4.69) is 22.3 Å². The number of piperidine rings is 1. The van der Waals surface area contributed by atoms with Crippen LogP contribution in [0.4, 0.5) is 0 Å². The largest absolute Gasteiger partial charge is 0.478 e. The first-order valence-corrected chi connectivity index (χ1v) is 6.89. The van der Waals surface area contributed by atoms with Crippen molar-refractivity contribution in [1.82, 2.24) is 19.9 Å². The molecule has 6 heteroatoms. The predicted molar refractivity (Wildman–Crippen MR) is 74.7 cm³/mol. The Kier molecular flexibility index (Phi) is 3.40. The third-order valence-electron chi connectivity index (χ3n) is 4.03. The van der Waals surface area contributed by atoms with Gasteiger partial charge in [-0.1, -0.05) is 11.3 Å². The summed E-state index contributed by atoms with van der Waals surface area (Å²) in [5.41, 5.74) is 1.57. The maximum Gasteiger partial charge on any atom is 0.337 e. The van der Waals surface area contributed by atoms with Gasteiger partial charge in [-0.25, -0.2) is 9.48 Å². The molecule has 0 aliphatic carbocycles. The molecule has 0 unspecified atom stereocenters. The fraction of sp³-hybridized carbons (Fsp3) is 0.500. The fourth-order valence-corrected chi connectivity index (χ4v) is 2.82. The summed E-state index contributed by atoms with van der Waals surface area (Å²) in [6, 6.07) is 5.12. The Morgan fingerprint density at radius 3 is 2.85 bits per heavy atom. The molecular formula is C14H18N4O2.